The number of nitrogens with one attached hydrogen (secondary N) is 1. The van der Waals surface area contributed by atoms with E-state index in [1.165, 1.54) is 0 Å². The van der Waals surface area contributed by atoms with E-state index in [4.69, 9.17) is 11.6 Å². The number of benzene rings is 1. The predicted molar refractivity (Wildman–Crippen MR) is 53.4 cm³/mol. The molecule has 0 amide bonds. The second-order valence-corrected chi connectivity index (χ2v) is 3.28. The molecule has 16 heavy (non-hydrogen) atoms. The average molecular weight is 245 g/mol. The van der Waals surface area contributed by atoms with Crippen molar-refractivity contribution in [1.82, 2.24) is 9.97 Å². The minimum absolute atomic E-state index is 0. The standard InChI is InChI=1S/C10H7ClN2O2.Na/c11-8-7(6-4-2-1-3-5-6)12-9(13-8)10(14)15;/h1-5H,(H,12,13)(H,14,15);/q;+1/p-1. The number of aromatic amines is 1. The molecule has 0 saturated heterocycles. The van der Waals surface area contributed by atoms with E-state index < -0.39 is 5.97 Å². The van der Waals surface area contributed by atoms with Crippen LogP contribution < -0.4 is 34.7 Å². The van der Waals surface area contributed by atoms with Crippen molar-refractivity contribution >= 4 is 17.6 Å². The summed E-state index contributed by atoms with van der Waals surface area (Å²) in [5, 5.41) is 10.7. The topological polar surface area (TPSA) is 68.8 Å². The SMILES string of the molecule is O=C([O-])c1nc(-c2ccccc2)c(Cl)[nH]1.[Na+]. The largest absolute Gasteiger partial charge is 1.00 e. The third kappa shape index (κ3) is 2.65. The average Bonchev–Trinajstić information content (AvgIpc) is 2.62. The van der Waals surface area contributed by atoms with Crippen LogP contribution >= 0.6 is 11.6 Å². The van der Waals surface area contributed by atoms with E-state index in [2.05, 4.69) is 9.97 Å². The van der Waals surface area contributed by atoms with E-state index in [-0.39, 0.29) is 40.5 Å². The smallest absolute Gasteiger partial charge is 0.542 e. The summed E-state index contributed by atoms with van der Waals surface area (Å²) < 4.78 is 0. The predicted octanol–water partition coefficient (Wildman–Crippen LogP) is -1.90. The molecule has 0 saturated carbocycles. The van der Waals surface area contributed by atoms with Crippen molar-refractivity contribution in [2.75, 3.05) is 0 Å². The Morgan fingerprint density at radius 3 is 2.44 bits per heavy atom. The van der Waals surface area contributed by atoms with Gasteiger partial charge in [-0.15, -0.1) is 0 Å². The fraction of sp³-hybridized carbons (Fsp3) is 0. The first-order valence-electron chi connectivity index (χ1n) is 4.21. The number of hydrogen-bond acceptors (Lipinski definition) is 3. The maximum absolute atomic E-state index is 10.5. The zero-order valence-corrected chi connectivity index (χ0v) is 11.3. The summed E-state index contributed by atoms with van der Waals surface area (Å²) in [5.74, 6) is -1.64. The molecule has 1 aromatic heterocycles. The monoisotopic (exact) mass is 244 g/mol. The first-order chi connectivity index (χ1) is 7.18. The van der Waals surface area contributed by atoms with Gasteiger partial charge in [-0.2, -0.15) is 0 Å². The van der Waals surface area contributed by atoms with Crippen molar-refractivity contribution in [1.29, 1.82) is 0 Å². The maximum atomic E-state index is 10.5. The number of aromatic nitrogens is 2. The molecule has 0 fully saturated rings. The first kappa shape index (κ1) is 13.3. The van der Waals surface area contributed by atoms with Crippen LogP contribution in [0.25, 0.3) is 11.3 Å². The van der Waals surface area contributed by atoms with Gasteiger partial charge in [-0.3, -0.25) is 0 Å². The number of carbonyl (C=O) groups is 1. The number of halogens is 1. The number of imidazole rings is 1. The van der Waals surface area contributed by atoms with Crippen LogP contribution in [-0.4, -0.2) is 15.9 Å². The van der Waals surface area contributed by atoms with E-state index in [0.717, 1.165) is 5.56 Å². The van der Waals surface area contributed by atoms with Gasteiger partial charge in [-0.1, -0.05) is 41.9 Å². The molecule has 1 aromatic carbocycles. The van der Waals surface area contributed by atoms with Gasteiger partial charge in [0.15, 0.2) is 5.82 Å². The summed E-state index contributed by atoms with van der Waals surface area (Å²) in [7, 11) is 0. The van der Waals surface area contributed by atoms with Gasteiger partial charge in [0.05, 0.1) is 0 Å². The van der Waals surface area contributed by atoms with Gasteiger partial charge >= 0.3 is 29.6 Å². The van der Waals surface area contributed by atoms with Crippen LogP contribution in [0.5, 0.6) is 0 Å². The van der Waals surface area contributed by atoms with Crippen molar-refractivity contribution in [3.63, 3.8) is 0 Å². The van der Waals surface area contributed by atoms with Gasteiger partial charge in [-0.25, -0.2) is 4.98 Å². The summed E-state index contributed by atoms with van der Waals surface area (Å²) in [6, 6.07) is 9.07. The molecule has 2 rings (SSSR count). The summed E-state index contributed by atoms with van der Waals surface area (Å²) in [4.78, 5) is 16.8. The second kappa shape index (κ2) is 5.50. The molecular weight excluding hydrogens is 239 g/mol. The van der Waals surface area contributed by atoms with Crippen LogP contribution in [0, 0.1) is 0 Å². The summed E-state index contributed by atoms with van der Waals surface area (Å²) in [5.41, 5.74) is 1.17. The first-order valence-corrected chi connectivity index (χ1v) is 4.58. The number of carbonyl (C=O) groups excluding carboxylic acids is 1. The summed E-state index contributed by atoms with van der Waals surface area (Å²) in [6.45, 7) is 0. The Labute approximate surface area is 119 Å². The van der Waals surface area contributed by atoms with Gasteiger partial charge in [-0.05, 0) is 0 Å². The minimum atomic E-state index is -1.38. The zero-order valence-electron chi connectivity index (χ0n) is 8.53. The van der Waals surface area contributed by atoms with Gasteiger partial charge in [0.25, 0.3) is 0 Å². The normalized spacial score (nSPS) is 9.56. The number of rotatable bonds is 2. The summed E-state index contributed by atoms with van der Waals surface area (Å²) in [6.07, 6.45) is 0. The van der Waals surface area contributed by atoms with Crippen molar-refractivity contribution in [3.8, 4) is 11.3 Å². The van der Waals surface area contributed by atoms with E-state index in [0.29, 0.717) is 5.69 Å². The third-order valence-electron chi connectivity index (χ3n) is 1.90. The van der Waals surface area contributed by atoms with E-state index in [1.807, 2.05) is 18.2 Å². The molecule has 0 aliphatic carbocycles. The van der Waals surface area contributed by atoms with Crippen LogP contribution in [0.1, 0.15) is 10.6 Å². The zero-order chi connectivity index (χ0) is 10.8. The number of carboxylic acid groups (broad SMARTS) is 1. The molecule has 1 N–H and O–H groups in total. The molecular formula is C10H6ClN2NaO2. The Balaban J connectivity index is 0.00000128. The van der Waals surface area contributed by atoms with E-state index in [9.17, 15) is 9.90 Å². The fourth-order valence-electron chi connectivity index (χ4n) is 1.24. The van der Waals surface area contributed by atoms with E-state index in [1.54, 1.807) is 12.1 Å². The maximum Gasteiger partial charge on any atom is 1.00 e. The van der Waals surface area contributed by atoms with Crippen LogP contribution in [0.15, 0.2) is 30.3 Å². The van der Waals surface area contributed by atoms with Crippen molar-refractivity contribution < 1.29 is 39.5 Å². The number of hydrogen-bond donors (Lipinski definition) is 1. The quantitative estimate of drug-likeness (QED) is 0.628. The van der Waals surface area contributed by atoms with Crippen LogP contribution in [0.4, 0.5) is 0 Å². The Morgan fingerprint density at radius 1 is 1.31 bits per heavy atom. The summed E-state index contributed by atoms with van der Waals surface area (Å²) >= 11 is 5.81. The number of nitrogens with zero attached hydrogens (tertiary/aromatic N) is 1. The Hall–Kier alpha value is -0.810. The van der Waals surface area contributed by atoms with Crippen molar-refractivity contribution in [2.24, 2.45) is 0 Å². The Morgan fingerprint density at radius 2 is 1.94 bits per heavy atom. The molecule has 0 spiro atoms. The number of aromatic carboxylic acids is 1. The number of carboxylic acids is 1. The Kier molecular flexibility index (Phi) is 4.56. The third-order valence-corrected chi connectivity index (χ3v) is 2.17. The molecule has 4 nitrogen and oxygen atoms in total. The number of H-pyrrole nitrogens is 1. The van der Waals surface area contributed by atoms with Crippen LogP contribution in [0.3, 0.4) is 0 Å². The molecule has 76 valence electrons. The van der Waals surface area contributed by atoms with Gasteiger partial charge in [0.2, 0.25) is 0 Å². The second-order valence-electron chi connectivity index (χ2n) is 2.90. The molecule has 0 radical (unpaired) electrons. The fourth-order valence-corrected chi connectivity index (χ4v) is 1.48. The molecule has 0 bridgehead atoms. The van der Waals surface area contributed by atoms with Crippen molar-refractivity contribution in [2.45, 2.75) is 0 Å². The molecule has 0 aliphatic heterocycles. The molecule has 0 unspecified atom stereocenters. The molecule has 2 aromatic rings. The molecule has 1 heterocycles. The molecule has 0 atom stereocenters. The Bertz CT molecular complexity index is 499. The van der Waals surface area contributed by atoms with E-state index >= 15 is 0 Å². The van der Waals surface area contributed by atoms with Crippen LogP contribution in [0.2, 0.25) is 5.15 Å². The van der Waals surface area contributed by atoms with Crippen molar-refractivity contribution in [3.05, 3.63) is 41.3 Å². The van der Waals surface area contributed by atoms with Gasteiger partial charge in [0.1, 0.15) is 16.8 Å². The van der Waals surface area contributed by atoms with Crippen LogP contribution in [-0.2, 0) is 0 Å². The molecule has 6 heteroatoms. The molecule has 0 aliphatic rings. The minimum Gasteiger partial charge on any atom is -0.542 e. The van der Waals surface area contributed by atoms with Gasteiger partial charge < -0.3 is 14.9 Å². The van der Waals surface area contributed by atoms with Gasteiger partial charge in [0, 0.05) is 5.56 Å².